The van der Waals surface area contributed by atoms with Crippen molar-refractivity contribution in [3.8, 4) is 11.9 Å². The van der Waals surface area contributed by atoms with Crippen LogP contribution in [-0.2, 0) is 11.3 Å². The van der Waals surface area contributed by atoms with Crippen LogP contribution in [0.15, 0.2) is 71.5 Å². The highest BCUT2D eigenvalue weighted by molar-refractivity contribution is 5.93. The van der Waals surface area contributed by atoms with Crippen molar-refractivity contribution in [2.75, 3.05) is 38.3 Å². The highest BCUT2D eigenvalue weighted by atomic mass is 16.5. The topological polar surface area (TPSA) is 123 Å². The fourth-order valence-corrected chi connectivity index (χ4v) is 5.66. The largest absolute Gasteiger partial charge is 0.480 e. The molecule has 0 aromatic carbocycles. The molecule has 5 aliphatic heterocycles. The van der Waals surface area contributed by atoms with Crippen molar-refractivity contribution in [2.24, 2.45) is 0 Å². The molecule has 2 unspecified atom stereocenters. The molecule has 0 spiro atoms. The van der Waals surface area contributed by atoms with Gasteiger partial charge in [0.15, 0.2) is 0 Å². The zero-order valence-corrected chi connectivity index (χ0v) is 21.8. The highest BCUT2D eigenvalue weighted by Crippen LogP contribution is 2.36. The standard InChI is InChI=1S/C29H30N8O2/c1-38-28-15-32-23(14-34-28)16-37-24-9-25(37)18-36(17-24)27-3-2-20(12-33-27)26-8-21(19-4-6-39-7-5-19)13-35-29(26)22(10-30)11-31/h2-4,8,10,12-15,24-25,30,35H,5-7,9,16-18H2,1H3/b29-22+,30-10?. The number of nitrogens with zero attached hydrogens (tertiary/aromatic N) is 6. The van der Waals surface area contributed by atoms with E-state index < -0.39 is 0 Å². The molecule has 2 bridgehead atoms. The molecule has 2 atom stereocenters. The second kappa shape index (κ2) is 10.8. The lowest BCUT2D eigenvalue weighted by Crippen LogP contribution is -2.68. The average Bonchev–Trinajstić information content (AvgIpc) is 3.01. The fourth-order valence-electron chi connectivity index (χ4n) is 5.66. The van der Waals surface area contributed by atoms with E-state index in [4.69, 9.17) is 19.9 Å². The van der Waals surface area contributed by atoms with Crippen LogP contribution in [0.2, 0.25) is 0 Å². The maximum Gasteiger partial charge on any atom is 0.231 e. The van der Waals surface area contributed by atoms with Crippen LogP contribution in [-0.4, -0.2) is 71.6 Å². The number of dihydropyridines is 1. The molecule has 10 heteroatoms. The van der Waals surface area contributed by atoms with Gasteiger partial charge in [-0.25, -0.2) is 9.97 Å². The van der Waals surface area contributed by atoms with Crippen LogP contribution < -0.4 is 15.0 Å². The van der Waals surface area contributed by atoms with Gasteiger partial charge in [-0.1, -0.05) is 6.08 Å². The number of rotatable bonds is 7. The van der Waals surface area contributed by atoms with Crippen LogP contribution in [0.3, 0.4) is 0 Å². The first kappa shape index (κ1) is 25.0. The number of hydrogen-bond acceptors (Lipinski definition) is 10. The van der Waals surface area contributed by atoms with Crippen LogP contribution in [0.4, 0.5) is 5.82 Å². The Morgan fingerprint density at radius 2 is 2.10 bits per heavy atom. The molecule has 198 valence electrons. The van der Waals surface area contributed by atoms with E-state index in [-0.39, 0.29) is 5.57 Å². The van der Waals surface area contributed by atoms with Crippen LogP contribution in [0, 0.1) is 16.7 Å². The maximum atomic E-state index is 9.62. The maximum absolute atomic E-state index is 9.62. The molecule has 3 fully saturated rings. The Morgan fingerprint density at radius 3 is 2.74 bits per heavy atom. The fraction of sp³-hybridized carbons (Fsp3) is 0.345. The SMILES string of the molecule is COc1cnc(CN2C3CC2CN(c2ccc(C4=CC(C5=CCOCC5)=CN/C4=C(/C#N)C=N)cn2)C3)cn1. The summed E-state index contributed by atoms with van der Waals surface area (Å²) in [5.41, 5.74) is 5.87. The van der Waals surface area contributed by atoms with Gasteiger partial charge < -0.3 is 25.1 Å². The monoisotopic (exact) mass is 522 g/mol. The molecule has 0 aliphatic carbocycles. The lowest BCUT2D eigenvalue weighted by atomic mass is 9.87. The van der Waals surface area contributed by atoms with Gasteiger partial charge in [0.2, 0.25) is 5.88 Å². The predicted octanol–water partition coefficient (Wildman–Crippen LogP) is 2.99. The van der Waals surface area contributed by atoms with Crippen molar-refractivity contribution < 1.29 is 9.47 Å². The summed E-state index contributed by atoms with van der Waals surface area (Å²) in [6.07, 6.45) is 14.5. The van der Waals surface area contributed by atoms with Crippen molar-refractivity contribution in [1.29, 1.82) is 10.7 Å². The van der Waals surface area contributed by atoms with Crippen molar-refractivity contribution in [3.05, 3.63) is 82.7 Å². The first-order valence-corrected chi connectivity index (χ1v) is 13.1. The number of piperidine rings is 1. The molecule has 2 aromatic heterocycles. The summed E-state index contributed by atoms with van der Waals surface area (Å²) >= 11 is 0. The van der Waals surface area contributed by atoms with Gasteiger partial charge in [0.1, 0.15) is 11.9 Å². The van der Waals surface area contributed by atoms with Crippen LogP contribution >= 0.6 is 0 Å². The zero-order chi connectivity index (χ0) is 26.8. The Morgan fingerprint density at radius 1 is 1.23 bits per heavy atom. The smallest absolute Gasteiger partial charge is 0.231 e. The van der Waals surface area contributed by atoms with E-state index in [2.05, 4.69) is 55.4 Å². The van der Waals surface area contributed by atoms with Crippen molar-refractivity contribution in [2.45, 2.75) is 31.5 Å². The summed E-state index contributed by atoms with van der Waals surface area (Å²) in [5, 5.41) is 20.6. The minimum absolute atomic E-state index is 0.277. The number of fused-ring (bicyclic) bond motifs is 2. The Hall–Kier alpha value is -4.33. The number of pyridine rings is 1. The molecule has 7 rings (SSSR count). The lowest BCUT2D eigenvalue weighted by molar-refractivity contribution is -0.00979. The van der Waals surface area contributed by atoms with Gasteiger partial charge in [-0.3, -0.25) is 9.88 Å². The summed E-state index contributed by atoms with van der Waals surface area (Å²) in [5.74, 6) is 1.47. The van der Waals surface area contributed by atoms with Gasteiger partial charge >= 0.3 is 0 Å². The molecule has 0 amide bonds. The summed E-state index contributed by atoms with van der Waals surface area (Å²) < 4.78 is 10.6. The molecular weight excluding hydrogens is 492 g/mol. The van der Waals surface area contributed by atoms with E-state index in [1.807, 2.05) is 12.4 Å². The van der Waals surface area contributed by atoms with Crippen molar-refractivity contribution in [3.63, 3.8) is 0 Å². The summed E-state index contributed by atoms with van der Waals surface area (Å²) in [7, 11) is 1.59. The molecule has 7 heterocycles. The Labute approximate surface area is 227 Å². The number of piperazine rings is 1. The normalized spacial score (nSPS) is 23.8. The van der Waals surface area contributed by atoms with Gasteiger partial charge in [-0.05, 0) is 42.2 Å². The van der Waals surface area contributed by atoms with E-state index in [9.17, 15) is 5.26 Å². The van der Waals surface area contributed by atoms with Crippen molar-refractivity contribution >= 4 is 17.6 Å². The zero-order valence-electron chi connectivity index (χ0n) is 21.8. The number of ether oxygens (including phenoxy) is 2. The molecule has 2 N–H and O–H groups in total. The van der Waals surface area contributed by atoms with Crippen LogP contribution in [0.1, 0.15) is 24.1 Å². The van der Waals surface area contributed by atoms with E-state index in [1.54, 1.807) is 19.5 Å². The third-order valence-corrected chi connectivity index (χ3v) is 7.77. The number of nitrogens with one attached hydrogen (secondary N) is 2. The second-order valence-corrected chi connectivity index (χ2v) is 9.98. The van der Waals surface area contributed by atoms with Gasteiger partial charge in [-0.2, -0.15) is 5.26 Å². The Bertz CT molecular complexity index is 1410. The third kappa shape index (κ3) is 4.94. The Balaban J connectivity index is 1.18. The molecule has 0 radical (unpaired) electrons. The first-order valence-electron chi connectivity index (χ1n) is 13.1. The number of allylic oxidation sites excluding steroid dienone is 4. The van der Waals surface area contributed by atoms with Gasteiger partial charge in [0.25, 0.3) is 0 Å². The highest BCUT2D eigenvalue weighted by Gasteiger charge is 2.44. The van der Waals surface area contributed by atoms with E-state index in [0.717, 1.165) is 60.5 Å². The Kier molecular flexibility index (Phi) is 6.92. The van der Waals surface area contributed by atoms with Gasteiger partial charge in [0, 0.05) is 61.5 Å². The van der Waals surface area contributed by atoms with Gasteiger partial charge in [-0.15, -0.1) is 0 Å². The van der Waals surface area contributed by atoms with Crippen molar-refractivity contribution in [1.82, 2.24) is 25.2 Å². The van der Waals surface area contributed by atoms with E-state index >= 15 is 0 Å². The van der Waals surface area contributed by atoms with E-state index in [1.165, 1.54) is 12.0 Å². The molecule has 2 aromatic rings. The molecule has 39 heavy (non-hydrogen) atoms. The minimum atomic E-state index is 0.277. The molecule has 3 saturated heterocycles. The predicted molar refractivity (Wildman–Crippen MR) is 147 cm³/mol. The lowest BCUT2D eigenvalue weighted by Gasteiger charge is -2.56. The summed E-state index contributed by atoms with van der Waals surface area (Å²) in [6.45, 7) is 3.91. The number of anilines is 1. The van der Waals surface area contributed by atoms with E-state index in [0.29, 0.717) is 36.9 Å². The first-order chi connectivity index (χ1) is 19.2. The molecule has 10 nitrogen and oxygen atoms in total. The molecular formula is C29H30N8O2. The summed E-state index contributed by atoms with van der Waals surface area (Å²) in [6, 6.07) is 7.17. The molecule has 5 aliphatic rings. The summed E-state index contributed by atoms with van der Waals surface area (Å²) in [4.78, 5) is 18.4. The molecule has 0 saturated carbocycles. The minimum Gasteiger partial charge on any atom is -0.480 e. The number of nitriles is 1. The number of methoxy groups -OCH3 is 1. The van der Waals surface area contributed by atoms with Gasteiger partial charge in [0.05, 0.1) is 49.7 Å². The second-order valence-electron chi connectivity index (χ2n) is 9.98. The average molecular weight is 523 g/mol. The number of hydrogen-bond donors (Lipinski definition) is 2. The third-order valence-electron chi connectivity index (χ3n) is 7.77. The van der Waals surface area contributed by atoms with Crippen LogP contribution in [0.25, 0.3) is 5.57 Å². The van der Waals surface area contributed by atoms with Crippen LogP contribution in [0.5, 0.6) is 5.88 Å². The quantitative estimate of drug-likeness (QED) is 0.417. The number of aromatic nitrogens is 3.